The van der Waals surface area contributed by atoms with E-state index >= 15 is 0 Å². The summed E-state index contributed by atoms with van der Waals surface area (Å²) in [5.74, 6) is 0.750. The van der Waals surface area contributed by atoms with Crippen LogP contribution in [0, 0.1) is 6.92 Å². The fourth-order valence-corrected chi connectivity index (χ4v) is 2.88. The molecule has 0 radical (unpaired) electrons. The highest BCUT2D eigenvalue weighted by Crippen LogP contribution is 2.26. The van der Waals surface area contributed by atoms with E-state index in [2.05, 4.69) is 34.7 Å². The minimum absolute atomic E-state index is 0.740. The fourth-order valence-electron chi connectivity index (χ4n) is 1.93. The number of fused-ring (bicyclic) bond motifs is 1. The molecule has 0 aliphatic carbocycles. The van der Waals surface area contributed by atoms with E-state index in [4.69, 9.17) is 5.73 Å². The van der Waals surface area contributed by atoms with Gasteiger partial charge in [-0.05, 0) is 29.3 Å². The summed E-state index contributed by atoms with van der Waals surface area (Å²) in [5.41, 5.74) is 8.28. The number of anilines is 1. The molecule has 86 valence electrons. The van der Waals surface area contributed by atoms with Gasteiger partial charge in [0.25, 0.3) is 0 Å². The maximum absolute atomic E-state index is 5.97. The molecule has 3 rings (SSSR count). The molecule has 0 amide bonds. The molecule has 0 spiro atoms. The number of benzene rings is 1. The zero-order valence-electron chi connectivity index (χ0n) is 9.55. The lowest BCUT2D eigenvalue weighted by Crippen LogP contribution is -2.05. The predicted octanol–water partition coefficient (Wildman–Crippen LogP) is 3.04. The first kappa shape index (κ1) is 10.4. The summed E-state index contributed by atoms with van der Waals surface area (Å²) in [5, 5.41) is 7.77. The Morgan fingerprint density at radius 3 is 2.94 bits per heavy atom. The Hall–Kier alpha value is -1.81. The highest BCUT2D eigenvalue weighted by Gasteiger charge is 2.07. The van der Waals surface area contributed by atoms with Gasteiger partial charge in [-0.2, -0.15) is 5.10 Å². The molecule has 0 saturated heterocycles. The van der Waals surface area contributed by atoms with Crippen molar-refractivity contribution in [3.8, 4) is 0 Å². The fraction of sp³-hybridized carbons (Fsp3) is 0.154. The van der Waals surface area contributed by atoms with Crippen LogP contribution in [0.25, 0.3) is 10.1 Å². The first-order valence-electron chi connectivity index (χ1n) is 5.48. The Labute approximate surface area is 103 Å². The van der Waals surface area contributed by atoms with Gasteiger partial charge in [0.1, 0.15) is 5.82 Å². The molecule has 2 aromatic heterocycles. The van der Waals surface area contributed by atoms with Crippen LogP contribution in [0.4, 0.5) is 5.82 Å². The van der Waals surface area contributed by atoms with Gasteiger partial charge in [0.2, 0.25) is 0 Å². The van der Waals surface area contributed by atoms with E-state index in [9.17, 15) is 0 Å². The molecule has 0 bridgehead atoms. The summed E-state index contributed by atoms with van der Waals surface area (Å²) in [7, 11) is 0. The normalized spacial score (nSPS) is 11.1. The van der Waals surface area contributed by atoms with Gasteiger partial charge in [-0.15, -0.1) is 11.3 Å². The number of thiophene rings is 1. The van der Waals surface area contributed by atoms with Crippen molar-refractivity contribution >= 4 is 27.2 Å². The summed E-state index contributed by atoms with van der Waals surface area (Å²) in [6.45, 7) is 2.72. The summed E-state index contributed by atoms with van der Waals surface area (Å²) in [4.78, 5) is 0. The summed E-state index contributed by atoms with van der Waals surface area (Å²) in [6, 6.07) is 8.42. The average molecular weight is 243 g/mol. The maximum atomic E-state index is 5.97. The van der Waals surface area contributed by atoms with Crippen LogP contribution in [0.3, 0.4) is 0 Å². The number of nitrogens with two attached hydrogens (primary N) is 1. The van der Waals surface area contributed by atoms with Crippen molar-refractivity contribution in [2.45, 2.75) is 13.5 Å². The quantitative estimate of drug-likeness (QED) is 0.751. The molecule has 2 heterocycles. The van der Waals surface area contributed by atoms with Crippen molar-refractivity contribution in [2.75, 3.05) is 5.73 Å². The van der Waals surface area contributed by atoms with Gasteiger partial charge >= 0.3 is 0 Å². The van der Waals surface area contributed by atoms with Gasteiger partial charge in [-0.1, -0.05) is 18.2 Å². The van der Waals surface area contributed by atoms with Crippen LogP contribution in [0.5, 0.6) is 0 Å². The third-order valence-electron chi connectivity index (χ3n) is 2.95. The number of hydrogen-bond donors (Lipinski definition) is 1. The smallest absolute Gasteiger partial charge is 0.124 e. The van der Waals surface area contributed by atoms with Crippen molar-refractivity contribution in [1.82, 2.24) is 9.78 Å². The molecule has 3 nitrogen and oxygen atoms in total. The molecule has 0 atom stereocenters. The van der Waals surface area contributed by atoms with Crippen molar-refractivity contribution in [3.63, 3.8) is 0 Å². The van der Waals surface area contributed by atoms with Crippen molar-refractivity contribution < 1.29 is 0 Å². The second-order valence-electron chi connectivity index (χ2n) is 4.13. The van der Waals surface area contributed by atoms with Gasteiger partial charge < -0.3 is 5.73 Å². The number of hydrogen-bond acceptors (Lipinski definition) is 3. The predicted molar refractivity (Wildman–Crippen MR) is 72.3 cm³/mol. The highest BCUT2D eigenvalue weighted by atomic mass is 32.1. The lowest BCUT2D eigenvalue weighted by molar-refractivity contribution is 0.701. The molecule has 0 saturated carbocycles. The largest absolute Gasteiger partial charge is 0.384 e. The Balaban J connectivity index is 2.03. The van der Waals surface area contributed by atoms with Crippen LogP contribution in [0.2, 0.25) is 0 Å². The van der Waals surface area contributed by atoms with Crippen LogP contribution < -0.4 is 5.73 Å². The lowest BCUT2D eigenvalue weighted by Gasteiger charge is -2.03. The molecule has 4 heteroatoms. The number of rotatable bonds is 2. The van der Waals surface area contributed by atoms with Gasteiger partial charge in [0.05, 0.1) is 12.7 Å². The van der Waals surface area contributed by atoms with Crippen molar-refractivity contribution in [3.05, 3.63) is 47.0 Å². The zero-order valence-corrected chi connectivity index (χ0v) is 10.4. The van der Waals surface area contributed by atoms with E-state index in [1.807, 2.05) is 17.8 Å². The van der Waals surface area contributed by atoms with Crippen LogP contribution in [0.1, 0.15) is 11.1 Å². The van der Waals surface area contributed by atoms with Crippen LogP contribution in [-0.4, -0.2) is 9.78 Å². The second-order valence-corrected chi connectivity index (χ2v) is 5.04. The maximum Gasteiger partial charge on any atom is 0.124 e. The van der Waals surface area contributed by atoms with Crippen molar-refractivity contribution in [1.29, 1.82) is 0 Å². The Morgan fingerprint density at radius 1 is 1.35 bits per heavy atom. The summed E-state index contributed by atoms with van der Waals surface area (Å²) < 4.78 is 3.16. The average Bonchev–Trinajstić information content (AvgIpc) is 2.89. The number of nitrogen functional groups attached to an aromatic ring is 1. The Morgan fingerprint density at radius 2 is 2.18 bits per heavy atom. The van der Waals surface area contributed by atoms with Crippen LogP contribution >= 0.6 is 11.3 Å². The number of aromatic nitrogens is 2. The standard InChI is InChI=1S/C13H13N3S/c1-9-6-15-16(13(9)14)7-10-8-17-12-5-3-2-4-11(10)12/h2-6,8H,7,14H2,1H3. The van der Waals surface area contributed by atoms with Gasteiger partial charge in [0, 0.05) is 10.3 Å². The van der Waals surface area contributed by atoms with E-state index in [0.717, 1.165) is 17.9 Å². The molecule has 3 aromatic rings. The molecule has 0 aliphatic heterocycles. The lowest BCUT2D eigenvalue weighted by atomic mass is 10.2. The van der Waals surface area contributed by atoms with E-state index < -0.39 is 0 Å². The van der Waals surface area contributed by atoms with Gasteiger partial charge in [-0.3, -0.25) is 0 Å². The SMILES string of the molecule is Cc1cnn(Cc2csc3ccccc23)c1N. The van der Waals surface area contributed by atoms with Gasteiger partial charge in [0.15, 0.2) is 0 Å². The molecule has 0 fully saturated rings. The van der Waals surface area contributed by atoms with Crippen molar-refractivity contribution in [2.24, 2.45) is 0 Å². The Bertz CT molecular complexity index is 666. The summed E-state index contributed by atoms with van der Waals surface area (Å²) >= 11 is 1.76. The topological polar surface area (TPSA) is 43.8 Å². The molecule has 17 heavy (non-hydrogen) atoms. The number of nitrogens with zero attached hydrogens (tertiary/aromatic N) is 2. The second kappa shape index (κ2) is 3.89. The molecule has 0 aliphatic rings. The van der Waals surface area contributed by atoms with Crippen LogP contribution in [0.15, 0.2) is 35.8 Å². The summed E-state index contributed by atoms with van der Waals surface area (Å²) in [6.07, 6.45) is 1.81. The molecule has 1 aromatic carbocycles. The van der Waals surface area contributed by atoms with E-state index in [1.165, 1.54) is 15.6 Å². The van der Waals surface area contributed by atoms with Crippen LogP contribution in [-0.2, 0) is 6.54 Å². The monoisotopic (exact) mass is 243 g/mol. The third kappa shape index (κ3) is 1.70. The minimum Gasteiger partial charge on any atom is -0.384 e. The highest BCUT2D eigenvalue weighted by molar-refractivity contribution is 7.17. The number of aryl methyl sites for hydroxylation is 1. The minimum atomic E-state index is 0.740. The first-order valence-corrected chi connectivity index (χ1v) is 6.36. The molecule has 0 unspecified atom stereocenters. The third-order valence-corrected chi connectivity index (χ3v) is 3.97. The van der Waals surface area contributed by atoms with E-state index in [-0.39, 0.29) is 0 Å². The molecular formula is C13H13N3S. The van der Waals surface area contributed by atoms with E-state index in [1.54, 1.807) is 11.3 Å². The molecular weight excluding hydrogens is 230 g/mol. The van der Waals surface area contributed by atoms with Gasteiger partial charge in [-0.25, -0.2) is 4.68 Å². The zero-order chi connectivity index (χ0) is 11.8. The first-order chi connectivity index (χ1) is 8.25. The van der Waals surface area contributed by atoms with E-state index in [0.29, 0.717) is 0 Å². The Kier molecular flexibility index (Phi) is 2.37. The molecule has 2 N–H and O–H groups in total.